The molecule has 6 aliphatic heterocycles. The lowest BCUT2D eigenvalue weighted by molar-refractivity contribution is -0.458. The quantitative estimate of drug-likeness (QED) is 0.293. The Morgan fingerprint density at radius 2 is 1.14 bits per heavy atom. The molecule has 2 aromatic carbocycles. The van der Waals surface area contributed by atoms with Crippen molar-refractivity contribution >= 4 is 76.2 Å². The molecule has 58 heavy (non-hydrogen) atoms. The fourth-order valence-corrected chi connectivity index (χ4v) is 8.89. The lowest BCUT2D eigenvalue weighted by atomic mass is 10.0. The molecule has 17 nitrogen and oxygen atoms in total. The van der Waals surface area contributed by atoms with Crippen LogP contribution in [-0.2, 0) is 38.7 Å². The van der Waals surface area contributed by atoms with Crippen molar-refractivity contribution in [2.75, 3.05) is 88.5 Å². The van der Waals surface area contributed by atoms with Crippen molar-refractivity contribution in [1.29, 1.82) is 0 Å². The zero-order chi connectivity index (χ0) is 41.5. The molecule has 0 aliphatic carbocycles. The number of fused-ring (bicyclic) bond motifs is 6. The number of nitrogens with zero attached hydrogens (tertiary/aromatic N) is 4. The minimum Gasteiger partial charge on any atom is -0.489 e. The van der Waals surface area contributed by atoms with E-state index < -0.39 is 36.3 Å². The van der Waals surface area contributed by atoms with Gasteiger partial charge >= 0.3 is 24.1 Å². The van der Waals surface area contributed by atoms with E-state index in [1.54, 1.807) is 12.1 Å². The minimum absolute atomic E-state index is 0.0482. The second kappa shape index (κ2) is 19.3. The maximum Gasteiger partial charge on any atom is 0.415 e. The van der Waals surface area contributed by atoms with Crippen LogP contribution in [0.3, 0.4) is 0 Å². The van der Waals surface area contributed by atoms with Crippen molar-refractivity contribution in [1.82, 2.24) is 0 Å². The maximum absolute atomic E-state index is 14.8. The number of nitrogens with two attached hydrogens (primary N) is 1. The second-order valence-electron chi connectivity index (χ2n) is 13.8. The van der Waals surface area contributed by atoms with Crippen LogP contribution in [0.5, 0.6) is 11.5 Å². The number of hydrogen-bond acceptors (Lipinski definition) is 17. The van der Waals surface area contributed by atoms with Crippen LogP contribution in [0, 0.1) is 11.6 Å². The van der Waals surface area contributed by atoms with Gasteiger partial charge in [0, 0.05) is 105 Å². The molecule has 0 spiro atoms. The van der Waals surface area contributed by atoms with Gasteiger partial charge in [-0.25, -0.2) is 28.0 Å². The Bertz CT molecular complexity index is 1850. The van der Waals surface area contributed by atoms with Gasteiger partial charge in [-0.05, 0) is 13.3 Å². The van der Waals surface area contributed by atoms with Crippen LogP contribution in [0.15, 0.2) is 24.3 Å². The molecule has 0 saturated carbocycles. The van der Waals surface area contributed by atoms with E-state index in [0.717, 1.165) is 63.0 Å². The highest BCUT2D eigenvalue weighted by atomic mass is 32.2. The number of cyclic esters (lactones) is 2. The van der Waals surface area contributed by atoms with E-state index in [1.165, 1.54) is 28.9 Å². The predicted octanol–water partition coefficient (Wildman–Crippen LogP) is 4.22. The molecule has 0 radical (unpaired) electrons. The molecule has 0 aromatic heterocycles. The van der Waals surface area contributed by atoms with E-state index in [0.29, 0.717) is 53.7 Å². The maximum atomic E-state index is 14.8. The van der Waals surface area contributed by atoms with E-state index in [9.17, 15) is 32.8 Å². The van der Waals surface area contributed by atoms with Crippen LogP contribution in [-0.4, -0.2) is 123 Å². The van der Waals surface area contributed by atoms with Gasteiger partial charge in [-0.1, -0.05) is 0 Å². The van der Waals surface area contributed by atoms with Crippen LogP contribution >= 0.6 is 23.5 Å². The fourth-order valence-electron chi connectivity index (χ4n) is 7.08. The summed E-state index contributed by atoms with van der Waals surface area (Å²) in [6.45, 7) is 7.75. The van der Waals surface area contributed by atoms with Crippen molar-refractivity contribution in [2.45, 2.75) is 57.9 Å². The summed E-state index contributed by atoms with van der Waals surface area (Å²) in [6.07, 6.45) is -1.03. The first-order valence-corrected chi connectivity index (χ1v) is 21.0. The Morgan fingerprint density at radius 1 is 0.707 bits per heavy atom. The Labute approximate surface area is 341 Å². The molecule has 21 heteroatoms. The van der Waals surface area contributed by atoms with Crippen LogP contribution in [0.25, 0.3) is 0 Å². The first-order chi connectivity index (χ1) is 27.9. The molecular formula is C37H45F2N5O12S2. The number of hydrogen-bond donors (Lipinski definition) is 1. The number of ether oxygens (including phenoxy) is 4. The highest BCUT2D eigenvalue weighted by molar-refractivity contribution is 7.99. The third-order valence-corrected chi connectivity index (χ3v) is 11.7. The first-order valence-electron chi connectivity index (χ1n) is 18.7. The van der Waals surface area contributed by atoms with Gasteiger partial charge in [0.1, 0.15) is 66.4 Å². The summed E-state index contributed by atoms with van der Waals surface area (Å²) in [7, 11) is 0. The number of ketones is 1. The van der Waals surface area contributed by atoms with Crippen molar-refractivity contribution in [3.8, 4) is 11.5 Å². The molecule has 6 heterocycles. The second-order valence-corrected chi connectivity index (χ2v) is 16.2. The van der Waals surface area contributed by atoms with Crippen LogP contribution in [0.2, 0.25) is 0 Å². The normalized spacial score (nSPS) is 22.8. The van der Waals surface area contributed by atoms with Gasteiger partial charge < -0.3 is 39.3 Å². The van der Waals surface area contributed by atoms with Gasteiger partial charge in [-0.15, -0.1) is 0 Å². The van der Waals surface area contributed by atoms with E-state index in [1.807, 2.05) is 33.3 Å². The van der Waals surface area contributed by atoms with Gasteiger partial charge in [-0.3, -0.25) is 19.6 Å². The van der Waals surface area contributed by atoms with E-state index in [2.05, 4.69) is 14.8 Å². The number of halogens is 2. The smallest absolute Gasteiger partial charge is 0.415 e. The molecular weight excluding hydrogens is 809 g/mol. The highest BCUT2D eigenvalue weighted by Crippen LogP contribution is 2.44. The molecule has 0 unspecified atom stereocenters. The summed E-state index contributed by atoms with van der Waals surface area (Å²) in [5.74, 6) is 2.89. The zero-order valence-electron chi connectivity index (χ0n) is 32.1. The summed E-state index contributed by atoms with van der Waals surface area (Å²) in [4.78, 5) is 70.0. The van der Waals surface area contributed by atoms with Crippen LogP contribution in [0.1, 0.15) is 33.6 Å². The van der Waals surface area contributed by atoms with E-state index >= 15 is 0 Å². The standard InChI is InChI=1S/C18H21FN2O4S.C15H18FN3O3S.C4H6O5/c1-11(22)2-3-16-15-10-24-17-9-13(20-4-6-26-7-5-20)12(19)8-14(17)21(15)18(23)25-16;16-9-5-11-13(6-10(9)18-1-3-23-4-2-18)21-8-12-14(7-17)22-15(20)19(11)12;1-3(5)7-9-8-4(2)6/h8-9,15-16H,2-7,10H2,1H3;5-6,12,14H,1-4,7-8,17H2;1-2H3/t15-,16-;12-,14-;/m11./s1. The molecule has 6 aliphatic rings. The Hall–Kier alpha value is -4.73. The molecule has 2 aromatic rings. The van der Waals surface area contributed by atoms with Crippen molar-refractivity contribution < 1.29 is 66.5 Å². The number of anilines is 4. The lowest BCUT2D eigenvalue weighted by Gasteiger charge is -2.34. The number of carbonyl (C=O) groups excluding carboxylic acids is 5. The summed E-state index contributed by atoms with van der Waals surface area (Å²) < 4.78 is 51.7. The number of rotatable bonds is 8. The molecule has 8 rings (SSSR count). The number of benzene rings is 2. The SMILES string of the molecule is CC(=O)CC[C@H]1OC(=O)N2c3cc(F)c(N4CCSCC4)cc3OC[C@H]12.CC(=O)OOOC(C)=O.NC[C@H]1OC(=O)N2c3cc(F)c(N4CCSCC4)cc3OC[C@H]12. The average molecular weight is 854 g/mol. The molecule has 4 atom stereocenters. The predicted molar refractivity (Wildman–Crippen MR) is 210 cm³/mol. The van der Waals surface area contributed by atoms with E-state index in [4.69, 9.17) is 24.7 Å². The molecule has 0 bridgehead atoms. The topological polar surface area (TPSA) is 189 Å². The van der Waals surface area contributed by atoms with E-state index in [-0.39, 0.29) is 42.7 Å². The molecule has 4 fully saturated rings. The molecule has 2 N–H and O–H groups in total. The third kappa shape index (κ3) is 9.92. The Kier molecular flexibility index (Phi) is 14.3. The zero-order valence-corrected chi connectivity index (χ0v) is 33.8. The van der Waals surface area contributed by atoms with Gasteiger partial charge in [0.2, 0.25) is 0 Å². The minimum atomic E-state index is -0.684. The van der Waals surface area contributed by atoms with Crippen molar-refractivity contribution in [2.24, 2.45) is 5.73 Å². The van der Waals surface area contributed by atoms with Crippen LogP contribution < -0.4 is 34.8 Å². The first kappa shape index (κ1) is 42.9. The highest BCUT2D eigenvalue weighted by Gasteiger charge is 2.48. The third-order valence-electron chi connectivity index (χ3n) is 9.83. The Morgan fingerprint density at radius 3 is 1.55 bits per heavy atom. The summed E-state index contributed by atoms with van der Waals surface area (Å²) in [5, 5.41) is 3.66. The molecule has 316 valence electrons. The summed E-state index contributed by atoms with van der Waals surface area (Å²) in [5.41, 5.74) is 7.51. The number of thioether (sulfide) groups is 2. The summed E-state index contributed by atoms with van der Waals surface area (Å²) >= 11 is 3.73. The molecule has 2 amide bonds. The monoisotopic (exact) mass is 853 g/mol. The average Bonchev–Trinajstić information content (AvgIpc) is 3.72. The lowest BCUT2D eigenvalue weighted by Crippen LogP contribution is -2.46. The fraction of sp³-hybridized carbons (Fsp3) is 0.541. The van der Waals surface area contributed by atoms with Crippen molar-refractivity contribution in [3.63, 3.8) is 0 Å². The van der Waals surface area contributed by atoms with Crippen LogP contribution in [0.4, 0.5) is 41.1 Å². The van der Waals surface area contributed by atoms with Gasteiger partial charge in [0.15, 0.2) is 0 Å². The number of carbonyl (C=O) groups is 5. The largest absolute Gasteiger partial charge is 0.489 e. The number of Topliss-reactive ketones (excluding diaryl/α,β-unsaturated/α-hetero) is 1. The molecule has 4 saturated heterocycles. The Balaban J connectivity index is 0.000000163. The van der Waals surface area contributed by atoms with Crippen molar-refractivity contribution in [3.05, 3.63) is 35.9 Å². The van der Waals surface area contributed by atoms with Gasteiger partial charge in [0.25, 0.3) is 0 Å². The number of amides is 2. The van der Waals surface area contributed by atoms with Gasteiger partial charge in [-0.2, -0.15) is 23.5 Å². The summed E-state index contributed by atoms with van der Waals surface area (Å²) in [6, 6.07) is 5.50. The van der Waals surface area contributed by atoms with Gasteiger partial charge in [0.05, 0.1) is 22.7 Å².